The van der Waals surface area contributed by atoms with E-state index in [9.17, 15) is 24.6 Å². The minimum Gasteiger partial charge on any atom is -0.542 e. The normalized spacial score (nSPS) is 18.0. The number of esters is 2. The number of methoxy groups -OCH3 is 1. The topological polar surface area (TPSA) is 159 Å². The van der Waals surface area contributed by atoms with Crippen molar-refractivity contribution in [1.29, 1.82) is 0 Å². The van der Waals surface area contributed by atoms with Crippen LogP contribution in [0.25, 0.3) is 0 Å². The average Bonchev–Trinajstić information content (AvgIpc) is 3.22. The summed E-state index contributed by atoms with van der Waals surface area (Å²) in [6.07, 6.45) is -0.215. The number of hydrogen-bond donors (Lipinski definition) is 3. The summed E-state index contributed by atoms with van der Waals surface area (Å²) in [4.78, 5) is 40.9. The number of nitrogens with one attached hydrogen (secondary N) is 1. The van der Waals surface area contributed by atoms with Gasteiger partial charge in [-0.1, -0.05) is 136 Å². The van der Waals surface area contributed by atoms with Gasteiger partial charge in [0.25, 0.3) is 14.2 Å². The molecule has 0 aromatic heterocycles. The Hall–Kier alpha value is -2.64. The molecule has 0 aliphatic carbocycles. The molecule has 0 fully saturated rings. The van der Waals surface area contributed by atoms with Crippen molar-refractivity contribution in [3.05, 3.63) is 47.2 Å². The Morgan fingerprint density at radius 3 is 1.79 bits per heavy atom. The van der Waals surface area contributed by atoms with Crippen LogP contribution in [-0.2, 0) is 34.3 Å². The molecule has 2 rings (SSSR count). The van der Waals surface area contributed by atoms with Crippen molar-refractivity contribution in [1.82, 2.24) is 5.32 Å². The Kier molecular flexibility index (Phi) is 23.4. The molecule has 408 valence electrons. The molecule has 0 bridgehead atoms. The Morgan fingerprint density at radius 2 is 1.35 bits per heavy atom. The molecule has 0 unspecified atom stereocenters. The summed E-state index contributed by atoms with van der Waals surface area (Å²) in [5, 5.41) is 27.1. The molecular formula is C56H101NO11Si3. The van der Waals surface area contributed by atoms with Crippen LogP contribution < -0.4 is 14.5 Å². The lowest BCUT2D eigenvalue weighted by molar-refractivity contribution is -0.134. The van der Waals surface area contributed by atoms with Crippen LogP contribution in [-0.4, -0.2) is 96.7 Å². The molecule has 0 radical (unpaired) electrons. The Bertz CT molecular complexity index is 1940. The molecule has 1 amide bonds. The Labute approximate surface area is 434 Å². The van der Waals surface area contributed by atoms with Gasteiger partial charge in [0.2, 0.25) is 8.32 Å². The number of ether oxygens (including phenoxy) is 3. The highest BCUT2D eigenvalue weighted by Gasteiger charge is 2.51. The van der Waals surface area contributed by atoms with Crippen molar-refractivity contribution in [3.8, 4) is 11.5 Å². The van der Waals surface area contributed by atoms with Gasteiger partial charge in [0.15, 0.2) is 14.4 Å². The molecule has 1 aliphatic heterocycles. The molecular weight excluding hydrogens is 947 g/mol. The van der Waals surface area contributed by atoms with E-state index < -0.39 is 84.8 Å². The molecule has 1 aromatic rings. The fraction of sp³-hybridized carbons (Fsp3) is 0.768. The largest absolute Gasteiger partial charge is 0.542 e. The van der Waals surface area contributed by atoms with Crippen LogP contribution in [0.15, 0.2) is 30.5 Å². The molecule has 0 saturated carbocycles. The first kappa shape index (κ1) is 64.5. The molecule has 1 aromatic carbocycles. The standard InChI is InChI=1S/C56H101NO11Si3/c1-33(2)29-48(63-23)52(68-71(37(9)10,38(11)12)39(13)14)53(61)57-28-26-27-50(67-69(24,25)55(18,19)20)56(21,22)49(60)31-44(59)41(16)45-30-43-40(15)46(64-42(17)58)32-47(51(43)54(62)65-45)66-70(34(3)4,35(5)6)36(7)8/h26,28,32,34-39,41,44-45,48-50,52,59-60H,1,27,29-31H2,2-25H3,(H,57,61)/b28-26+/t41-,44+,45-,48+,49-,50-,52+/m1/s1. The number of hydrogen-bond acceptors (Lipinski definition) is 11. The zero-order valence-electron chi connectivity index (χ0n) is 48.8. The number of cyclic esters (lactones) is 1. The van der Waals surface area contributed by atoms with Crippen LogP contribution in [0.4, 0.5) is 0 Å². The van der Waals surface area contributed by atoms with E-state index in [0.29, 0.717) is 41.0 Å². The van der Waals surface area contributed by atoms with Crippen LogP contribution in [0.3, 0.4) is 0 Å². The van der Waals surface area contributed by atoms with Crippen molar-refractivity contribution in [2.24, 2.45) is 11.3 Å². The molecule has 1 heterocycles. The number of aliphatic hydroxyl groups excluding tert-OH is 2. The van der Waals surface area contributed by atoms with Crippen LogP contribution in [0.2, 0.25) is 51.4 Å². The summed E-state index contributed by atoms with van der Waals surface area (Å²) in [5.41, 5.74) is 3.01. The minimum absolute atomic E-state index is 0.0215. The third kappa shape index (κ3) is 15.0. The zero-order chi connectivity index (χ0) is 55.1. The molecule has 0 saturated heterocycles. The molecule has 15 heteroatoms. The summed E-state index contributed by atoms with van der Waals surface area (Å²) in [5.74, 6) is -1.24. The van der Waals surface area contributed by atoms with Crippen LogP contribution in [0.1, 0.15) is 179 Å². The number of amides is 1. The molecule has 7 atom stereocenters. The lowest BCUT2D eigenvalue weighted by atomic mass is 9.75. The number of rotatable bonds is 27. The monoisotopic (exact) mass is 1050 g/mol. The van der Waals surface area contributed by atoms with Gasteiger partial charge in [-0.3, -0.25) is 9.59 Å². The zero-order valence-corrected chi connectivity index (χ0v) is 51.8. The van der Waals surface area contributed by atoms with E-state index >= 15 is 0 Å². The summed E-state index contributed by atoms with van der Waals surface area (Å²) in [7, 11) is -5.92. The molecule has 12 nitrogen and oxygen atoms in total. The van der Waals surface area contributed by atoms with Crippen molar-refractivity contribution >= 4 is 42.8 Å². The van der Waals surface area contributed by atoms with Crippen molar-refractivity contribution in [2.75, 3.05) is 7.11 Å². The predicted molar refractivity (Wildman–Crippen MR) is 297 cm³/mol. The number of aliphatic hydroxyl groups is 2. The summed E-state index contributed by atoms with van der Waals surface area (Å²) >= 11 is 0. The number of benzene rings is 1. The van der Waals surface area contributed by atoms with E-state index in [-0.39, 0.29) is 57.0 Å². The van der Waals surface area contributed by atoms with Gasteiger partial charge in [-0.2, -0.15) is 0 Å². The van der Waals surface area contributed by atoms with E-state index in [2.05, 4.69) is 129 Å². The van der Waals surface area contributed by atoms with Gasteiger partial charge < -0.3 is 43.0 Å². The fourth-order valence-electron chi connectivity index (χ4n) is 11.1. The lowest BCUT2D eigenvalue weighted by Gasteiger charge is -2.46. The number of fused-ring (bicyclic) bond motifs is 1. The second-order valence-electron chi connectivity index (χ2n) is 24.8. The quantitative estimate of drug-likeness (QED) is 0.0333. The van der Waals surface area contributed by atoms with Gasteiger partial charge >= 0.3 is 11.9 Å². The van der Waals surface area contributed by atoms with Gasteiger partial charge in [-0.25, -0.2) is 4.79 Å². The van der Waals surface area contributed by atoms with Gasteiger partial charge in [-0.15, -0.1) is 6.58 Å². The molecule has 1 aliphatic rings. The van der Waals surface area contributed by atoms with Crippen molar-refractivity contribution in [2.45, 2.75) is 259 Å². The predicted octanol–water partition coefficient (Wildman–Crippen LogP) is 13.3. The molecule has 71 heavy (non-hydrogen) atoms. The number of carbonyl (C=O) groups excluding carboxylic acids is 3. The highest BCUT2D eigenvalue weighted by molar-refractivity contribution is 6.78. The van der Waals surface area contributed by atoms with E-state index in [4.69, 9.17) is 27.5 Å². The maximum absolute atomic E-state index is 14.3. The SMILES string of the molecule is C=C(C)C[C@H](OC)[C@H](O[Si](C(C)C)(C(C)C)C(C)C)C(=O)N/C=C/C[C@@H](O[Si](C)(C)C(C)(C)C)C(C)(C)[C@H](O)C[C@H](O)[C@@H](C)[C@H]1Cc2c(C)c(OC(C)=O)cc(O[Si](C(C)C)(C(C)C)C(C)C)c2C(=O)O1. The second-order valence-corrected chi connectivity index (χ2v) is 40.4. The average molecular weight is 1050 g/mol. The summed E-state index contributed by atoms with van der Waals surface area (Å²) < 4.78 is 39.2. The van der Waals surface area contributed by atoms with Crippen molar-refractivity contribution < 1.29 is 52.1 Å². The summed E-state index contributed by atoms with van der Waals surface area (Å²) in [6.45, 7) is 51.9. The molecule has 0 spiro atoms. The molecule has 3 N–H and O–H groups in total. The highest BCUT2D eigenvalue weighted by atomic mass is 28.4. The first-order valence-electron chi connectivity index (χ1n) is 26.5. The smallest absolute Gasteiger partial charge is 0.342 e. The highest BCUT2D eigenvalue weighted by Crippen LogP contribution is 2.48. The summed E-state index contributed by atoms with van der Waals surface area (Å²) in [6, 6.07) is 1.67. The van der Waals surface area contributed by atoms with E-state index in [1.54, 1.807) is 19.4 Å². The lowest BCUT2D eigenvalue weighted by Crippen LogP contribution is -2.56. The van der Waals surface area contributed by atoms with Gasteiger partial charge in [0.05, 0.1) is 24.4 Å². The minimum atomic E-state index is -2.57. The third-order valence-electron chi connectivity index (χ3n) is 16.5. The Morgan fingerprint density at radius 1 is 0.845 bits per heavy atom. The van der Waals surface area contributed by atoms with E-state index in [0.717, 1.165) is 5.57 Å². The van der Waals surface area contributed by atoms with Crippen LogP contribution >= 0.6 is 0 Å². The van der Waals surface area contributed by atoms with E-state index in [1.165, 1.54) is 6.92 Å². The van der Waals surface area contributed by atoms with E-state index in [1.807, 2.05) is 40.7 Å². The first-order valence-corrected chi connectivity index (χ1v) is 33.7. The maximum Gasteiger partial charge on any atom is 0.342 e. The Balaban J connectivity index is 2.54. The second kappa shape index (κ2) is 25.7. The van der Waals surface area contributed by atoms with Gasteiger partial charge in [0.1, 0.15) is 23.2 Å². The number of carbonyl (C=O) groups is 3. The van der Waals surface area contributed by atoms with Crippen LogP contribution in [0, 0.1) is 18.3 Å². The van der Waals surface area contributed by atoms with Gasteiger partial charge in [0, 0.05) is 44.3 Å². The van der Waals surface area contributed by atoms with Crippen molar-refractivity contribution in [3.63, 3.8) is 0 Å². The third-order valence-corrected chi connectivity index (χ3v) is 33.1. The van der Waals surface area contributed by atoms with Gasteiger partial charge in [-0.05, 0) is 95.4 Å². The first-order chi connectivity index (χ1) is 32.4. The van der Waals surface area contributed by atoms with Crippen LogP contribution in [0.5, 0.6) is 11.5 Å². The maximum atomic E-state index is 14.3. The fourth-order valence-corrected chi connectivity index (χ4v) is 23.4.